The largest absolute Gasteiger partial charge is 0.369 e. The van der Waals surface area contributed by atoms with E-state index < -0.39 is 0 Å². The molecule has 4 rings (SSSR count). The quantitative estimate of drug-likeness (QED) is 0.243. The molecule has 0 bridgehead atoms. The van der Waals surface area contributed by atoms with E-state index in [4.69, 9.17) is 5.84 Å². The van der Waals surface area contributed by atoms with Crippen LogP contribution in [0.1, 0.15) is 31.0 Å². The molecule has 8 nitrogen and oxygen atoms in total. The van der Waals surface area contributed by atoms with E-state index in [0.29, 0.717) is 12.2 Å². The molecular weight excluding hydrogens is 488 g/mol. The van der Waals surface area contributed by atoms with E-state index in [0.717, 1.165) is 48.0 Å². The third-order valence-electron chi connectivity index (χ3n) is 7.03. The summed E-state index contributed by atoms with van der Waals surface area (Å²) in [5, 5.41) is 4.28. The van der Waals surface area contributed by atoms with E-state index in [1.54, 1.807) is 0 Å². The minimum Gasteiger partial charge on any atom is -0.369 e. The monoisotopic (exact) mass is 526 g/mol. The number of anilines is 2. The molecule has 204 valence electrons. The number of hydrogen-bond acceptors (Lipinski definition) is 5. The fourth-order valence-corrected chi connectivity index (χ4v) is 4.85. The topological polar surface area (TPSA) is 85.2 Å². The number of nitrogens with one attached hydrogen (secondary N) is 1. The highest BCUT2D eigenvalue weighted by Gasteiger charge is 2.30. The van der Waals surface area contributed by atoms with Crippen molar-refractivity contribution in [3.8, 4) is 0 Å². The van der Waals surface area contributed by atoms with Crippen LogP contribution in [0.3, 0.4) is 0 Å². The Bertz CT molecular complexity index is 1220. The summed E-state index contributed by atoms with van der Waals surface area (Å²) >= 11 is 0. The zero-order chi connectivity index (χ0) is 27.8. The highest BCUT2D eigenvalue weighted by atomic mass is 16.2. The summed E-state index contributed by atoms with van der Waals surface area (Å²) in [5.41, 5.74) is 3.72. The molecule has 1 unspecified atom stereocenters. The van der Waals surface area contributed by atoms with Crippen LogP contribution in [0.5, 0.6) is 0 Å². The van der Waals surface area contributed by atoms with Gasteiger partial charge in [0.2, 0.25) is 5.91 Å². The Hall–Kier alpha value is -4.14. The molecule has 3 aromatic carbocycles. The Labute approximate surface area is 231 Å². The second-order valence-electron chi connectivity index (χ2n) is 9.89. The summed E-state index contributed by atoms with van der Waals surface area (Å²) in [5.74, 6) is 6.12. The third kappa shape index (κ3) is 6.85. The Morgan fingerprint density at radius 1 is 0.923 bits per heavy atom. The average Bonchev–Trinajstić information content (AvgIpc) is 2.97. The number of rotatable bonds is 9. The van der Waals surface area contributed by atoms with Gasteiger partial charge < -0.3 is 10.2 Å². The van der Waals surface area contributed by atoms with Crippen LogP contribution in [0.25, 0.3) is 0 Å². The van der Waals surface area contributed by atoms with Gasteiger partial charge in [0.05, 0.1) is 5.69 Å². The molecule has 0 aromatic heterocycles. The number of carbonyl (C=O) groups is 2. The van der Waals surface area contributed by atoms with Gasteiger partial charge in [-0.15, -0.1) is 0 Å². The van der Waals surface area contributed by atoms with Crippen LogP contribution in [-0.4, -0.2) is 54.0 Å². The molecule has 0 radical (unpaired) electrons. The molecule has 0 spiro atoms. The molecule has 1 fully saturated rings. The number of nitrogens with two attached hydrogens (primary N) is 1. The minimum absolute atomic E-state index is 0.00512. The first kappa shape index (κ1) is 27.9. The lowest BCUT2D eigenvalue weighted by Crippen LogP contribution is -2.51. The molecule has 3 N–H and O–H groups in total. The Morgan fingerprint density at radius 3 is 2.08 bits per heavy atom. The summed E-state index contributed by atoms with van der Waals surface area (Å²) < 4.78 is 0. The van der Waals surface area contributed by atoms with Crippen molar-refractivity contribution in [1.29, 1.82) is 0 Å². The molecule has 3 aromatic rings. The van der Waals surface area contributed by atoms with Crippen molar-refractivity contribution in [3.63, 3.8) is 0 Å². The van der Waals surface area contributed by atoms with Crippen molar-refractivity contribution in [1.82, 2.24) is 15.1 Å². The molecule has 8 heteroatoms. The van der Waals surface area contributed by atoms with Gasteiger partial charge in [0.1, 0.15) is 6.04 Å². The van der Waals surface area contributed by atoms with E-state index in [1.165, 1.54) is 11.1 Å². The molecule has 1 aliphatic rings. The lowest BCUT2D eigenvalue weighted by atomic mass is 10.0. The van der Waals surface area contributed by atoms with Gasteiger partial charge in [-0.1, -0.05) is 67.2 Å². The normalized spacial score (nSPS) is 14.5. The fraction of sp³-hybridized carbons (Fsp3) is 0.290. The Kier molecular flexibility index (Phi) is 9.35. The number of benzene rings is 3. The van der Waals surface area contributed by atoms with Crippen LogP contribution < -0.4 is 21.1 Å². The first-order valence-corrected chi connectivity index (χ1v) is 13.3. The van der Waals surface area contributed by atoms with E-state index in [-0.39, 0.29) is 24.0 Å². The first-order valence-electron chi connectivity index (χ1n) is 13.3. The molecule has 1 heterocycles. The van der Waals surface area contributed by atoms with E-state index in [1.807, 2.05) is 98.8 Å². The minimum atomic E-state index is -0.356. The average molecular weight is 527 g/mol. The maximum absolute atomic E-state index is 13.4. The summed E-state index contributed by atoms with van der Waals surface area (Å²) in [6.45, 7) is 11.1. The molecule has 0 saturated carbocycles. The number of nitrogens with zero attached hydrogens (tertiary/aromatic N) is 4. The molecule has 3 amide bonds. The summed E-state index contributed by atoms with van der Waals surface area (Å²) in [4.78, 5) is 32.2. The van der Waals surface area contributed by atoms with Gasteiger partial charge in [0, 0.05) is 50.7 Å². The highest BCUT2D eigenvalue weighted by molar-refractivity contribution is 5.91. The van der Waals surface area contributed by atoms with Crippen molar-refractivity contribution in [3.05, 3.63) is 109 Å². The predicted octanol–water partition coefficient (Wildman–Crippen LogP) is 4.52. The van der Waals surface area contributed by atoms with E-state index in [9.17, 15) is 9.59 Å². The standard InChI is InChI=1S/C31H38N6O2/c1-4-36(24(2)3)31(39)37(32)28-17-15-27(16-18-28)34-19-21-35(22-20-34)29(26-13-9-6-10-14-26)30(38)33-23-25-11-7-5-8-12-25/h4-18,24,29H,1,19-23,32H2,2-3H3,(H,33,38). The van der Waals surface area contributed by atoms with Crippen LogP contribution in [-0.2, 0) is 11.3 Å². The maximum atomic E-state index is 13.4. The first-order chi connectivity index (χ1) is 18.9. The SMILES string of the molecule is C=CN(C(=O)N(N)c1ccc(N2CCN(C(C(=O)NCc3ccccc3)c3ccccc3)CC2)cc1)C(C)C. The van der Waals surface area contributed by atoms with Crippen molar-refractivity contribution in [2.45, 2.75) is 32.5 Å². The van der Waals surface area contributed by atoms with Gasteiger partial charge in [0.25, 0.3) is 0 Å². The Morgan fingerprint density at radius 2 is 1.51 bits per heavy atom. The van der Waals surface area contributed by atoms with Crippen LogP contribution >= 0.6 is 0 Å². The molecule has 39 heavy (non-hydrogen) atoms. The summed E-state index contributed by atoms with van der Waals surface area (Å²) in [6.07, 6.45) is 1.49. The highest BCUT2D eigenvalue weighted by Crippen LogP contribution is 2.26. The number of hydrazine groups is 1. The summed E-state index contributed by atoms with van der Waals surface area (Å²) in [6, 6.07) is 26.8. The third-order valence-corrected chi connectivity index (χ3v) is 7.03. The van der Waals surface area contributed by atoms with Crippen LogP contribution in [0, 0.1) is 0 Å². The van der Waals surface area contributed by atoms with Crippen molar-refractivity contribution in [2.24, 2.45) is 5.84 Å². The summed E-state index contributed by atoms with van der Waals surface area (Å²) in [7, 11) is 0. The number of urea groups is 1. The van der Waals surface area contributed by atoms with Gasteiger partial charge in [-0.3, -0.25) is 14.6 Å². The smallest absolute Gasteiger partial charge is 0.343 e. The fourth-order valence-electron chi connectivity index (χ4n) is 4.85. The van der Waals surface area contributed by atoms with Crippen molar-refractivity contribution >= 4 is 23.3 Å². The van der Waals surface area contributed by atoms with Gasteiger partial charge in [-0.2, -0.15) is 0 Å². The number of carbonyl (C=O) groups excluding carboxylic acids is 2. The van der Waals surface area contributed by atoms with E-state index >= 15 is 0 Å². The number of amides is 3. The maximum Gasteiger partial charge on any atom is 0.343 e. The zero-order valence-corrected chi connectivity index (χ0v) is 22.7. The molecule has 1 saturated heterocycles. The van der Waals surface area contributed by atoms with Gasteiger partial charge in [-0.05, 0) is 49.2 Å². The van der Waals surface area contributed by atoms with Gasteiger partial charge in [-0.25, -0.2) is 15.6 Å². The van der Waals surface area contributed by atoms with Gasteiger partial charge >= 0.3 is 6.03 Å². The van der Waals surface area contributed by atoms with Crippen LogP contribution in [0.4, 0.5) is 16.2 Å². The molecule has 1 atom stereocenters. The Balaban J connectivity index is 1.40. The lowest BCUT2D eigenvalue weighted by molar-refractivity contribution is -0.127. The van der Waals surface area contributed by atoms with Crippen LogP contribution in [0.2, 0.25) is 0 Å². The molecule has 1 aliphatic heterocycles. The predicted molar refractivity (Wildman–Crippen MR) is 157 cm³/mol. The molecular formula is C31H38N6O2. The van der Waals surface area contributed by atoms with Crippen LogP contribution in [0.15, 0.2) is 97.7 Å². The zero-order valence-electron chi connectivity index (χ0n) is 22.7. The van der Waals surface area contributed by atoms with E-state index in [2.05, 4.69) is 21.7 Å². The number of piperazine rings is 1. The lowest BCUT2D eigenvalue weighted by Gasteiger charge is -2.40. The van der Waals surface area contributed by atoms with Crippen molar-refractivity contribution < 1.29 is 9.59 Å². The molecule has 0 aliphatic carbocycles. The van der Waals surface area contributed by atoms with Crippen molar-refractivity contribution in [2.75, 3.05) is 36.1 Å². The second-order valence-corrected chi connectivity index (χ2v) is 9.89. The number of hydrogen-bond donors (Lipinski definition) is 2. The second kappa shape index (κ2) is 13.1. The van der Waals surface area contributed by atoms with Gasteiger partial charge in [0.15, 0.2) is 0 Å².